The second kappa shape index (κ2) is 5.11. The van der Waals surface area contributed by atoms with Crippen LogP contribution in [0.1, 0.15) is 44.7 Å². The average Bonchev–Trinajstić information content (AvgIpc) is 2.69. The van der Waals surface area contributed by atoms with Crippen LogP contribution in [0, 0.1) is 5.41 Å². The maximum atomic E-state index is 12.2. The Labute approximate surface area is 109 Å². The van der Waals surface area contributed by atoms with E-state index in [1.54, 1.807) is 0 Å². The number of benzene rings is 1. The van der Waals surface area contributed by atoms with E-state index < -0.39 is 6.04 Å². The van der Waals surface area contributed by atoms with E-state index in [0.717, 1.165) is 12.0 Å². The summed E-state index contributed by atoms with van der Waals surface area (Å²) in [5.74, 6) is -0.0684. The maximum absolute atomic E-state index is 12.2. The van der Waals surface area contributed by atoms with Gasteiger partial charge in [-0.1, -0.05) is 50.6 Å². The Bertz CT molecular complexity index is 414. The van der Waals surface area contributed by atoms with Crippen LogP contribution in [-0.2, 0) is 4.79 Å². The second-order valence-corrected chi connectivity index (χ2v) is 5.83. The Hall–Kier alpha value is -1.35. The standard InChI is InChI=1S/C15H22N2O/c1-15(2)10-6-9-12(15)17-14(18)13(16)11-7-4-3-5-8-11/h3-5,7-8,12-13H,6,9-10,16H2,1-2H3,(H,17,18)/t12?,13-/m0/s1. The second-order valence-electron chi connectivity index (χ2n) is 5.83. The summed E-state index contributed by atoms with van der Waals surface area (Å²) in [6.07, 6.45) is 3.40. The van der Waals surface area contributed by atoms with Crippen molar-refractivity contribution in [3.8, 4) is 0 Å². The van der Waals surface area contributed by atoms with Gasteiger partial charge in [-0.3, -0.25) is 4.79 Å². The van der Waals surface area contributed by atoms with Gasteiger partial charge in [0.1, 0.15) is 6.04 Å². The number of rotatable bonds is 3. The van der Waals surface area contributed by atoms with Crippen LogP contribution < -0.4 is 11.1 Å². The summed E-state index contributed by atoms with van der Waals surface area (Å²) in [4.78, 5) is 12.2. The molecule has 1 aliphatic carbocycles. The highest BCUT2D eigenvalue weighted by Crippen LogP contribution is 2.37. The number of carbonyl (C=O) groups is 1. The molecule has 1 aromatic rings. The summed E-state index contributed by atoms with van der Waals surface area (Å²) < 4.78 is 0. The van der Waals surface area contributed by atoms with Gasteiger partial charge in [-0.2, -0.15) is 0 Å². The molecule has 18 heavy (non-hydrogen) atoms. The Morgan fingerprint density at radius 1 is 1.39 bits per heavy atom. The third-order valence-electron chi connectivity index (χ3n) is 4.01. The van der Waals surface area contributed by atoms with Crippen LogP contribution in [0.3, 0.4) is 0 Å². The highest BCUT2D eigenvalue weighted by molar-refractivity contribution is 5.83. The van der Waals surface area contributed by atoms with E-state index in [1.165, 1.54) is 12.8 Å². The van der Waals surface area contributed by atoms with E-state index in [0.29, 0.717) is 0 Å². The van der Waals surface area contributed by atoms with Crippen molar-refractivity contribution in [3.63, 3.8) is 0 Å². The van der Waals surface area contributed by atoms with Gasteiger partial charge in [0.15, 0.2) is 0 Å². The molecule has 3 N–H and O–H groups in total. The van der Waals surface area contributed by atoms with Crippen LogP contribution in [0.25, 0.3) is 0 Å². The third kappa shape index (κ3) is 2.72. The monoisotopic (exact) mass is 246 g/mol. The zero-order valence-electron chi connectivity index (χ0n) is 11.1. The topological polar surface area (TPSA) is 55.1 Å². The van der Waals surface area contributed by atoms with E-state index in [2.05, 4.69) is 19.2 Å². The van der Waals surface area contributed by atoms with Crippen LogP contribution >= 0.6 is 0 Å². The Balaban J connectivity index is 2.00. The molecular formula is C15H22N2O. The van der Waals surface area contributed by atoms with Gasteiger partial charge in [-0.05, 0) is 23.8 Å². The minimum absolute atomic E-state index is 0.0684. The van der Waals surface area contributed by atoms with Crippen LogP contribution in [0.2, 0.25) is 0 Å². The summed E-state index contributed by atoms with van der Waals surface area (Å²) >= 11 is 0. The molecule has 0 heterocycles. The first-order valence-corrected chi connectivity index (χ1v) is 6.61. The predicted molar refractivity (Wildman–Crippen MR) is 72.9 cm³/mol. The first-order valence-electron chi connectivity index (χ1n) is 6.61. The fourth-order valence-electron chi connectivity index (χ4n) is 2.67. The molecule has 98 valence electrons. The van der Waals surface area contributed by atoms with Crippen LogP contribution in [0.4, 0.5) is 0 Å². The molecule has 1 unspecified atom stereocenters. The first kappa shape index (κ1) is 13.1. The molecule has 1 amide bonds. The number of nitrogens with one attached hydrogen (secondary N) is 1. The number of hydrogen-bond donors (Lipinski definition) is 2. The molecule has 2 rings (SSSR count). The van der Waals surface area contributed by atoms with Crippen molar-refractivity contribution in [2.24, 2.45) is 11.1 Å². The molecule has 3 nitrogen and oxygen atoms in total. The lowest BCUT2D eigenvalue weighted by Crippen LogP contribution is -2.45. The Morgan fingerprint density at radius 3 is 2.61 bits per heavy atom. The molecule has 0 aromatic heterocycles. The predicted octanol–water partition coefficient (Wildman–Crippen LogP) is 2.38. The van der Waals surface area contributed by atoms with Gasteiger partial charge in [-0.25, -0.2) is 0 Å². The smallest absolute Gasteiger partial charge is 0.241 e. The molecule has 1 aromatic carbocycles. The summed E-state index contributed by atoms with van der Waals surface area (Å²) in [6, 6.07) is 9.20. The van der Waals surface area contributed by atoms with Gasteiger partial charge < -0.3 is 11.1 Å². The lowest BCUT2D eigenvalue weighted by atomic mass is 9.87. The molecule has 0 bridgehead atoms. The normalized spacial score (nSPS) is 23.6. The zero-order chi connectivity index (χ0) is 13.2. The van der Waals surface area contributed by atoms with E-state index >= 15 is 0 Å². The highest BCUT2D eigenvalue weighted by atomic mass is 16.2. The molecule has 3 heteroatoms. The van der Waals surface area contributed by atoms with Crippen molar-refractivity contribution >= 4 is 5.91 Å². The molecule has 0 aliphatic heterocycles. The number of amides is 1. The average molecular weight is 246 g/mol. The van der Waals surface area contributed by atoms with Gasteiger partial charge in [0.2, 0.25) is 5.91 Å². The SMILES string of the molecule is CC1(C)CCCC1NC(=O)[C@@H](N)c1ccccc1. The van der Waals surface area contributed by atoms with Gasteiger partial charge in [0.25, 0.3) is 0 Å². The fourth-order valence-corrected chi connectivity index (χ4v) is 2.67. The van der Waals surface area contributed by atoms with E-state index in [-0.39, 0.29) is 17.4 Å². The lowest BCUT2D eigenvalue weighted by molar-refractivity contribution is -0.123. The molecule has 0 radical (unpaired) electrons. The van der Waals surface area contributed by atoms with Gasteiger partial charge >= 0.3 is 0 Å². The fraction of sp³-hybridized carbons (Fsp3) is 0.533. The highest BCUT2D eigenvalue weighted by Gasteiger charge is 2.36. The third-order valence-corrected chi connectivity index (χ3v) is 4.01. The van der Waals surface area contributed by atoms with E-state index in [1.807, 2.05) is 30.3 Å². The molecule has 1 aliphatic rings. The van der Waals surface area contributed by atoms with Crippen LogP contribution in [0.15, 0.2) is 30.3 Å². The summed E-state index contributed by atoms with van der Waals surface area (Å²) in [5, 5.41) is 3.10. The van der Waals surface area contributed by atoms with Crippen molar-refractivity contribution in [2.75, 3.05) is 0 Å². The van der Waals surface area contributed by atoms with Crippen LogP contribution in [0.5, 0.6) is 0 Å². The first-order chi connectivity index (χ1) is 8.50. The van der Waals surface area contributed by atoms with Crippen molar-refractivity contribution in [2.45, 2.75) is 45.2 Å². The maximum Gasteiger partial charge on any atom is 0.241 e. The largest absolute Gasteiger partial charge is 0.351 e. The van der Waals surface area contributed by atoms with Crippen molar-refractivity contribution in [3.05, 3.63) is 35.9 Å². The lowest BCUT2D eigenvalue weighted by Gasteiger charge is -2.29. The molecule has 1 saturated carbocycles. The van der Waals surface area contributed by atoms with Gasteiger partial charge in [-0.15, -0.1) is 0 Å². The molecule has 1 fully saturated rings. The summed E-state index contributed by atoms with van der Waals surface area (Å²) in [6.45, 7) is 4.41. The molecular weight excluding hydrogens is 224 g/mol. The minimum atomic E-state index is -0.567. The van der Waals surface area contributed by atoms with Gasteiger partial charge in [0, 0.05) is 6.04 Å². The summed E-state index contributed by atoms with van der Waals surface area (Å²) in [7, 11) is 0. The van der Waals surface area contributed by atoms with E-state index in [4.69, 9.17) is 5.73 Å². The van der Waals surface area contributed by atoms with Crippen molar-refractivity contribution in [1.29, 1.82) is 0 Å². The number of nitrogens with two attached hydrogens (primary N) is 1. The molecule has 0 spiro atoms. The number of carbonyl (C=O) groups excluding carboxylic acids is 1. The number of hydrogen-bond acceptors (Lipinski definition) is 2. The Kier molecular flexibility index (Phi) is 3.71. The van der Waals surface area contributed by atoms with Crippen molar-refractivity contribution in [1.82, 2.24) is 5.32 Å². The van der Waals surface area contributed by atoms with Crippen LogP contribution in [-0.4, -0.2) is 11.9 Å². The van der Waals surface area contributed by atoms with E-state index in [9.17, 15) is 4.79 Å². The zero-order valence-corrected chi connectivity index (χ0v) is 11.1. The van der Waals surface area contributed by atoms with Gasteiger partial charge in [0.05, 0.1) is 0 Å². The molecule has 0 saturated heterocycles. The summed E-state index contributed by atoms with van der Waals surface area (Å²) in [5.41, 5.74) is 7.05. The van der Waals surface area contributed by atoms with Crippen molar-refractivity contribution < 1.29 is 4.79 Å². The Morgan fingerprint density at radius 2 is 2.06 bits per heavy atom. The quantitative estimate of drug-likeness (QED) is 0.860. The minimum Gasteiger partial charge on any atom is -0.351 e. The molecule has 2 atom stereocenters.